The van der Waals surface area contributed by atoms with Crippen molar-refractivity contribution in [2.75, 3.05) is 33.4 Å². The number of amides is 1. The van der Waals surface area contributed by atoms with Gasteiger partial charge in [-0.3, -0.25) is 4.79 Å². The molecule has 0 saturated carbocycles. The highest BCUT2D eigenvalue weighted by atomic mass is 16.7. The van der Waals surface area contributed by atoms with Crippen LogP contribution in [0, 0.1) is 0 Å². The Morgan fingerprint density at radius 1 is 1.15 bits per heavy atom. The maximum Gasteiger partial charge on any atom is 0.498 e. The van der Waals surface area contributed by atoms with E-state index in [0.29, 0.717) is 38.5 Å². The van der Waals surface area contributed by atoms with E-state index in [1.807, 2.05) is 50.8 Å². The van der Waals surface area contributed by atoms with E-state index in [-0.39, 0.29) is 5.91 Å². The highest BCUT2D eigenvalue weighted by Crippen LogP contribution is 2.37. The van der Waals surface area contributed by atoms with Gasteiger partial charge in [-0.1, -0.05) is 12.1 Å². The van der Waals surface area contributed by atoms with Crippen LogP contribution in [0.15, 0.2) is 18.2 Å². The molecule has 0 radical (unpaired) electrons. The molecule has 2 aliphatic rings. The summed E-state index contributed by atoms with van der Waals surface area (Å²) >= 11 is 0. The topological polar surface area (TPSA) is 57.2 Å². The summed E-state index contributed by atoms with van der Waals surface area (Å²) < 4.78 is 23.1. The Balaban J connectivity index is 1.80. The van der Waals surface area contributed by atoms with E-state index >= 15 is 0 Å². The van der Waals surface area contributed by atoms with E-state index in [4.69, 9.17) is 18.8 Å². The van der Waals surface area contributed by atoms with E-state index in [0.717, 1.165) is 11.0 Å². The lowest BCUT2D eigenvalue weighted by Gasteiger charge is -2.32. The molecule has 1 amide bonds. The SMILES string of the molecule is COc1ccc(CC(=O)N2CCOCC2)cc1B1OC(C)(C)C(C)(C)O1. The second-order valence-corrected chi connectivity index (χ2v) is 7.83. The zero-order chi connectivity index (χ0) is 18.9. The summed E-state index contributed by atoms with van der Waals surface area (Å²) in [6.07, 6.45) is 0.344. The summed E-state index contributed by atoms with van der Waals surface area (Å²) in [7, 11) is 1.11. The first-order valence-electron chi connectivity index (χ1n) is 9.11. The Kier molecular flexibility index (Phi) is 5.33. The van der Waals surface area contributed by atoms with Crippen LogP contribution in [0.1, 0.15) is 33.3 Å². The molecule has 0 unspecified atom stereocenters. The number of carbonyl (C=O) groups excluding carboxylic acids is 1. The van der Waals surface area contributed by atoms with E-state index in [9.17, 15) is 4.79 Å². The van der Waals surface area contributed by atoms with Gasteiger partial charge in [-0.05, 0) is 39.3 Å². The van der Waals surface area contributed by atoms with Crippen LogP contribution in [0.25, 0.3) is 0 Å². The van der Waals surface area contributed by atoms with Crippen molar-refractivity contribution in [3.63, 3.8) is 0 Å². The highest BCUT2D eigenvalue weighted by molar-refractivity contribution is 6.63. The van der Waals surface area contributed by atoms with Gasteiger partial charge in [0.1, 0.15) is 5.75 Å². The van der Waals surface area contributed by atoms with Crippen molar-refractivity contribution < 1.29 is 23.6 Å². The number of ether oxygens (including phenoxy) is 2. The molecule has 2 fully saturated rings. The molecule has 6 nitrogen and oxygen atoms in total. The molecule has 2 heterocycles. The third-order valence-electron chi connectivity index (χ3n) is 5.52. The molecular formula is C19H28BNO5. The predicted octanol–water partition coefficient (Wildman–Crippen LogP) is 1.40. The Bertz CT molecular complexity index is 654. The smallest absolute Gasteiger partial charge is 0.497 e. The zero-order valence-electron chi connectivity index (χ0n) is 16.3. The van der Waals surface area contributed by atoms with Crippen LogP contribution >= 0.6 is 0 Å². The van der Waals surface area contributed by atoms with Crippen LogP contribution < -0.4 is 10.2 Å². The fourth-order valence-corrected chi connectivity index (χ4v) is 3.15. The van der Waals surface area contributed by atoms with Gasteiger partial charge in [0.2, 0.25) is 5.91 Å². The molecule has 1 aromatic rings. The number of hydrogen-bond acceptors (Lipinski definition) is 5. The summed E-state index contributed by atoms with van der Waals surface area (Å²) in [4.78, 5) is 14.4. The van der Waals surface area contributed by atoms with Gasteiger partial charge in [0.15, 0.2) is 0 Å². The van der Waals surface area contributed by atoms with Gasteiger partial charge in [0.05, 0.1) is 37.9 Å². The van der Waals surface area contributed by atoms with Crippen molar-refractivity contribution in [3.8, 4) is 5.75 Å². The van der Waals surface area contributed by atoms with Gasteiger partial charge in [-0.15, -0.1) is 0 Å². The molecule has 0 spiro atoms. The van der Waals surface area contributed by atoms with Crippen LogP contribution in [0.4, 0.5) is 0 Å². The molecule has 0 bridgehead atoms. The molecule has 2 aliphatic heterocycles. The first-order valence-corrected chi connectivity index (χ1v) is 9.11. The number of rotatable bonds is 4. The first kappa shape index (κ1) is 19.2. The summed E-state index contributed by atoms with van der Waals surface area (Å²) in [5.74, 6) is 0.810. The molecule has 0 N–H and O–H groups in total. The van der Waals surface area contributed by atoms with E-state index in [2.05, 4.69) is 0 Å². The first-order chi connectivity index (χ1) is 12.2. The maximum atomic E-state index is 12.5. The van der Waals surface area contributed by atoms with E-state index in [1.165, 1.54) is 0 Å². The molecule has 0 atom stereocenters. The Hall–Kier alpha value is -1.57. The van der Waals surface area contributed by atoms with E-state index in [1.54, 1.807) is 7.11 Å². The van der Waals surface area contributed by atoms with Gasteiger partial charge in [0, 0.05) is 18.6 Å². The van der Waals surface area contributed by atoms with Crippen molar-refractivity contribution in [3.05, 3.63) is 23.8 Å². The lowest BCUT2D eigenvalue weighted by atomic mass is 9.77. The molecule has 0 aliphatic carbocycles. The number of nitrogens with zero attached hydrogens (tertiary/aromatic N) is 1. The van der Waals surface area contributed by atoms with Crippen LogP contribution in [0.5, 0.6) is 5.75 Å². The van der Waals surface area contributed by atoms with Crippen molar-refractivity contribution in [2.24, 2.45) is 0 Å². The fraction of sp³-hybridized carbons (Fsp3) is 0.632. The second kappa shape index (κ2) is 7.21. The second-order valence-electron chi connectivity index (χ2n) is 7.83. The summed E-state index contributed by atoms with van der Waals surface area (Å²) in [5, 5.41) is 0. The number of hydrogen-bond donors (Lipinski definition) is 0. The number of methoxy groups -OCH3 is 1. The van der Waals surface area contributed by atoms with Gasteiger partial charge in [-0.25, -0.2) is 0 Å². The molecule has 26 heavy (non-hydrogen) atoms. The average molecular weight is 361 g/mol. The van der Waals surface area contributed by atoms with Crippen molar-refractivity contribution >= 4 is 18.5 Å². The number of benzene rings is 1. The lowest BCUT2D eigenvalue weighted by Crippen LogP contribution is -2.41. The lowest BCUT2D eigenvalue weighted by molar-refractivity contribution is -0.134. The molecule has 7 heteroatoms. The van der Waals surface area contributed by atoms with Crippen molar-refractivity contribution in [1.29, 1.82) is 0 Å². The maximum absolute atomic E-state index is 12.5. The summed E-state index contributed by atoms with van der Waals surface area (Å²) in [5.41, 5.74) is 0.885. The van der Waals surface area contributed by atoms with Gasteiger partial charge < -0.3 is 23.7 Å². The molecule has 2 saturated heterocycles. The Morgan fingerprint density at radius 3 is 2.35 bits per heavy atom. The fourth-order valence-electron chi connectivity index (χ4n) is 3.15. The normalized spacial score (nSPS) is 21.7. The molecule has 0 aromatic heterocycles. The Labute approximate surface area is 155 Å². The van der Waals surface area contributed by atoms with Crippen molar-refractivity contribution in [2.45, 2.75) is 45.3 Å². The minimum Gasteiger partial charge on any atom is -0.497 e. The quantitative estimate of drug-likeness (QED) is 0.759. The minimum absolute atomic E-state index is 0.110. The minimum atomic E-state index is -0.520. The standard InChI is InChI=1S/C19H28BNO5/c1-18(2)19(3,4)26-20(25-18)15-12-14(6-7-16(15)23-5)13-17(22)21-8-10-24-11-9-21/h6-7,12H,8-11,13H2,1-5H3. The van der Waals surface area contributed by atoms with Gasteiger partial charge in [0.25, 0.3) is 0 Å². The predicted molar refractivity (Wildman–Crippen MR) is 99.8 cm³/mol. The molecular weight excluding hydrogens is 333 g/mol. The largest absolute Gasteiger partial charge is 0.498 e. The van der Waals surface area contributed by atoms with Gasteiger partial charge in [-0.2, -0.15) is 0 Å². The molecule has 1 aromatic carbocycles. The monoisotopic (exact) mass is 361 g/mol. The third kappa shape index (κ3) is 3.75. The van der Waals surface area contributed by atoms with Crippen LogP contribution in [-0.4, -0.2) is 62.5 Å². The molecule has 3 rings (SSSR count). The summed E-state index contributed by atoms with van der Waals surface area (Å²) in [6.45, 7) is 10.6. The van der Waals surface area contributed by atoms with E-state index < -0.39 is 18.3 Å². The number of carbonyl (C=O) groups is 1. The van der Waals surface area contributed by atoms with Crippen LogP contribution in [0.3, 0.4) is 0 Å². The average Bonchev–Trinajstić information content (AvgIpc) is 2.83. The Morgan fingerprint density at radius 2 is 1.77 bits per heavy atom. The summed E-state index contributed by atoms with van der Waals surface area (Å²) in [6, 6.07) is 5.76. The highest BCUT2D eigenvalue weighted by Gasteiger charge is 2.52. The number of morpholine rings is 1. The van der Waals surface area contributed by atoms with Crippen LogP contribution in [0.2, 0.25) is 0 Å². The zero-order valence-corrected chi connectivity index (χ0v) is 16.3. The van der Waals surface area contributed by atoms with Gasteiger partial charge >= 0.3 is 7.12 Å². The molecule has 142 valence electrons. The third-order valence-corrected chi connectivity index (χ3v) is 5.52. The van der Waals surface area contributed by atoms with Crippen LogP contribution in [-0.2, 0) is 25.3 Å². The van der Waals surface area contributed by atoms with Crippen molar-refractivity contribution in [1.82, 2.24) is 4.90 Å².